The smallest absolute Gasteiger partial charge is 0.246 e. The molecule has 2 aliphatic heterocycles. The van der Waals surface area contributed by atoms with Crippen molar-refractivity contribution in [2.75, 3.05) is 6.54 Å². The molecule has 0 aliphatic carbocycles. The first-order chi connectivity index (χ1) is 20.5. The van der Waals surface area contributed by atoms with Gasteiger partial charge in [-0.25, -0.2) is 0 Å². The van der Waals surface area contributed by atoms with Crippen molar-refractivity contribution in [3.63, 3.8) is 0 Å². The number of fused-ring (bicyclic) bond motifs is 1. The Morgan fingerprint density at radius 3 is 2.19 bits per heavy atom. The maximum atomic E-state index is 13.6. The van der Waals surface area contributed by atoms with E-state index in [0.717, 1.165) is 29.4 Å². The minimum absolute atomic E-state index is 0.0135. The van der Waals surface area contributed by atoms with E-state index >= 15 is 0 Å². The molecule has 0 radical (unpaired) electrons. The first-order valence-electron chi connectivity index (χ1n) is 14.7. The molecule has 4 atom stereocenters. The Bertz CT molecular complexity index is 1380. The number of hydrogen-bond acceptors (Lipinski definition) is 5. The molecule has 8 nitrogen and oxygen atoms in total. The van der Waals surface area contributed by atoms with Crippen molar-refractivity contribution in [2.45, 2.75) is 69.2 Å². The third-order valence-corrected chi connectivity index (χ3v) is 8.16. The van der Waals surface area contributed by atoms with Crippen LogP contribution in [0, 0.1) is 0 Å². The molecule has 42 heavy (non-hydrogen) atoms. The molecule has 0 bridgehead atoms. The number of aldehydes is 1. The van der Waals surface area contributed by atoms with Crippen molar-refractivity contribution in [3.05, 3.63) is 107 Å². The van der Waals surface area contributed by atoms with E-state index in [1.165, 1.54) is 5.56 Å². The fourth-order valence-corrected chi connectivity index (χ4v) is 5.95. The van der Waals surface area contributed by atoms with Gasteiger partial charge in [0.25, 0.3) is 0 Å². The Balaban J connectivity index is 1.29. The lowest BCUT2D eigenvalue weighted by Crippen LogP contribution is -2.54. The molecule has 0 aromatic heterocycles. The zero-order chi connectivity index (χ0) is 29.3. The molecule has 3 aromatic carbocycles. The molecule has 1 fully saturated rings. The topological polar surface area (TPSA) is 108 Å². The predicted octanol–water partition coefficient (Wildman–Crippen LogP) is 2.74. The van der Waals surface area contributed by atoms with Gasteiger partial charge >= 0.3 is 0 Å². The van der Waals surface area contributed by atoms with E-state index in [-0.39, 0.29) is 24.1 Å². The summed E-state index contributed by atoms with van der Waals surface area (Å²) in [6.07, 6.45) is 3.58. The summed E-state index contributed by atoms with van der Waals surface area (Å²) in [6, 6.07) is 25.2. The second-order valence-electron chi connectivity index (χ2n) is 11.2. The van der Waals surface area contributed by atoms with Gasteiger partial charge in [-0.2, -0.15) is 0 Å². The number of carbonyl (C=O) groups is 4. The Kier molecular flexibility index (Phi) is 9.77. The lowest BCUT2D eigenvalue weighted by molar-refractivity contribution is -0.138. The quantitative estimate of drug-likeness (QED) is 0.310. The van der Waals surface area contributed by atoms with Gasteiger partial charge in [-0.3, -0.25) is 14.4 Å². The SMILES string of the molecule is O=C[C@@H]1CCCN1C(=O)[C@H](Cc1ccccc1)NC(=O)C[C@H](Cc1ccccc1)NC(=O)[C@@H]1Cc2ccccc2CN1. The summed E-state index contributed by atoms with van der Waals surface area (Å²) in [5, 5.41) is 9.39. The van der Waals surface area contributed by atoms with Gasteiger partial charge in [-0.1, -0.05) is 84.9 Å². The van der Waals surface area contributed by atoms with E-state index < -0.39 is 24.2 Å². The summed E-state index contributed by atoms with van der Waals surface area (Å²) in [7, 11) is 0. The van der Waals surface area contributed by atoms with E-state index in [9.17, 15) is 19.2 Å². The maximum absolute atomic E-state index is 13.6. The highest BCUT2D eigenvalue weighted by atomic mass is 16.2. The van der Waals surface area contributed by atoms with Gasteiger partial charge < -0.3 is 25.6 Å². The van der Waals surface area contributed by atoms with Crippen molar-refractivity contribution in [2.24, 2.45) is 0 Å². The second-order valence-corrected chi connectivity index (χ2v) is 11.2. The zero-order valence-electron chi connectivity index (χ0n) is 23.7. The van der Waals surface area contributed by atoms with E-state index in [0.29, 0.717) is 38.8 Å². The van der Waals surface area contributed by atoms with E-state index in [4.69, 9.17) is 0 Å². The first kappa shape index (κ1) is 29.2. The third-order valence-electron chi connectivity index (χ3n) is 8.16. The van der Waals surface area contributed by atoms with Gasteiger partial charge in [0.05, 0.1) is 12.1 Å². The average molecular weight is 567 g/mol. The Hall–Kier alpha value is -4.30. The van der Waals surface area contributed by atoms with E-state index in [2.05, 4.69) is 22.0 Å². The van der Waals surface area contributed by atoms with Crippen LogP contribution in [-0.4, -0.2) is 59.6 Å². The first-order valence-corrected chi connectivity index (χ1v) is 14.7. The molecule has 2 heterocycles. The van der Waals surface area contributed by atoms with Crippen LogP contribution in [0.5, 0.6) is 0 Å². The van der Waals surface area contributed by atoms with Crippen molar-refractivity contribution in [3.8, 4) is 0 Å². The van der Waals surface area contributed by atoms with Crippen LogP contribution in [0.4, 0.5) is 0 Å². The molecule has 218 valence electrons. The van der Waals surface area contributed by atoms with Gasteiger partial charge in [-0.05, 0) is 47.9 Å². The van der Waals surface area contributed by atoms with Gasteiger partial charge in [-0.15, -0.1) is 0 Å². The van der Waals surface area contributed by atoms with Crippen LogP contribution in [0.2, 0.25) is 0 Å². The van der Waals surface area contributed by atoms with Gasteiger partial charge in [0.15, 0.2) is 0 Å². The highest BCUT2D eigenvalue weighted by molar-refractivity contribution is 5.90. The van der Waals surface area contributed by atoms with Crippen LogP contribution in [0.3, 0.4) is 0 Å². The summed E-state index contributed by atoms with van der Waals surface area (Å²) in [4.78, 5) is 53.7. The number of hydrogen-bond donors (Lipinski definition) is 3. The monoisotopic (exact) mass is 566 g/mol. The summed E-state index contributed by atoms with van der Waals surface area (Å²) < 4.78 is 0. The molecule has 1 saturated heterocycles. The van der Waals surface area contributed by atoms with Crippen LogP contribution in [0.15, 0.2) is 84.9 Å². The fourth-order valence-electron chi connectivity index (χ4n) is 5.95. The number of likely N-dealkylation sites (tertiary alicyclic amines) is 1. The molecule has 8 heteroatoms. The van der Waals surface area contributed by atoms with Crippen molar-refractivity contribution >= 4 is 24.0 Å². The molecular weight excluding hydrogens is 528 g/mol. The minimum atomic E-state index is -0.815. The second kappa shape index (κ2) is 14.0. The zero-order valence-corrected chi connectivity index (χ0v) is 23.7. The lowest BCUT2D eigenvalue weighted by atomic mass is 9.95. The lowest BCUT2D eigenvalue weighted by Gasteiger charge is -2.29. The number of carbonyl (C=O) groups excluding carboxylic acids is 4. The highest BCUT2D eigenvalue weighted by Crippen LogP contribution is 2.19. The highest BCUT2D eigenvalue weighted by Gasteiger charge is 2.34. The van der Waals surface area contributed by atoms with Crippen LogP contribution >= 0.6 is 0 Å². The van der Waals surface area contributed by atoms with Gasteiger partial charge in [0, 0.05) is 32.0 Å². The van der Waals surface area contributed by atoms with Crippen molar-refractivity contribution in [1.82, 2.24) is 20.9 Å². The van der Waals surface area contributed by atoms with Crippen LogP contribution in [0.1, 0.15) is 41.5 Å². The molecule has 3 N–H and O–H groups in total. The molecule has 3 aromatic rings. The van der Waals surface area contributed by atoms with Crippen molar-refractivity contribution < 1.29 is 19.2 Å². The Labute approximate surface area is 246 Å². The number of nitrogens with one attached hydrogen (secondary N) is 3. The van der Waals surface area contributed by atoms with Gasteiger partial charge in [0.1, 0.15) is 12.3 Å². The fraction of sp³-hybridized carbons (Fsp3) is 0.353. The summed E-state index contributed by atoms with van der Waals surface area (Å²) in [6.45, 7) is 1.10. The third kappa shape index (κ3) is 7.50. The van der Waals surface area contributed by atoms with Crippen LogP contribution < -0.4 is 16.0 Å². The standard InChI is InChI=1S/C34H38N4O4/c39-23-29-16-9-17-38(29)34(42)31(19-25-12-5-2-6-13-25)37-32(40)21-28(18-24-10-3-1-4-11-24)36-33(41)30-20-26-14-7-8-15-27(26)22-35-30/h1-8,10-15,23,28-31,35H,9,16-22H2,(H,36,41)(H,37,40)/t28-,29-,30-,31-/m0/s1. The normalized spacial score (nSPS) is 19.3. The summed E-state index contributed by atoms with van der Waals surface area (Å²) in [5.74, 6) is -0.731. The molecular formula is C34H38N4O4. The van der Waals surface area contributed by atoms with Crippen LogP contribution in [-0.2, 0) is 45.0 Å². The number of nitrogens with zero attached hydrogens (tertiary/aromatic N) is 1. The average Bonchev–Trinajstić information content (AvgIpc) is 3.50. The summed E-state index contributed by atoms with van der Waals surface area (Å²) in [5.41, 5.74) is 4.24. The maximum Gasteiger partial charge on any atom is 0.246 e. The van der Waals surface area contributed by atoms with Crippen LogP contribution in [0.25, 0.3) is 0 Å². The molecule has 0 unspecified atom stereocenters. The van der Waals surface area contributed by atoms with Crippen molar-refractivity contribution in [1.29, 1.82) is 0 Å². The molecule has 2 aliphatic rings. The number of amides is 3. The number of rotatable bonds is 11. The summed E-state index contributed by atoms with van der Waals surface area (Å²) >= 11 is 0. The van der Waals surface area contributed by atoms with Gasteiger partial charge in [0.2, 0.25) is 17.7 Å². The Morgan fingerprint density at radius 1 is 0.857 bits per heavy atom. The van der Waals surface area contributed by atoms with E-state index in [1.807, 2.05) is 78.9 Å². The largest absolute Gasteiger partial charge is 0.351 e. The molecule has 0 saturated carbocycles. The molecule has 3 amide bonds. The van der Waals surface area contributed by atoms with E-state index in [1.54, 1.807) is 4.90 Å². The number of benzene rings is 3. The predicted molar refractivity (Wildman–Crippen MR) is 160 cm³/mol. The minimum Gasteiger partial charge on any atom is -0.351 e. The Morgan fingerprint density at radius 2 is 1.50 bits per heavy atom. The molecule has 5 rings (SSSR count). The molecule has 0 spiro atoms.